The lowest BCUT2D eigenvalue weighted by atomic mass is 10.0. The monoisotopic (exact) mass is 354 g/mol. The third-order valence-corrected chi connectivity index (χ3v) is 3.96. The summed E-state index contributed by atoms with van der Waals surface area (Å²) in [6.45, 7) is 3.55. The maximum absolute atomic E-state index is 11.3. The van der Waals surface area contributed by atoms with Gasteiger partial charge in [0.15, 0.2) is 5.78 Å². The standard InChI is InChI=1S/C19H15BrO2/c1-12-10-15(20)11-16-18(14-6-4-3-5-7-14)17(22-19(12)16)9-8-13(2)21/h3-11H,1-2H3/b9-8+. The maximum atomic E-state index is 11.3. The Balaban J connectivity index is 2.34. The molecule has 22 heavy (non-hydrogen) atoms. The fourth-order valence-corrected chi connectivity index (χ4v) is 3.13. The van der Waals surface area contributed by atoms with Crippen molar-refractivity contribution in [3.8, 4) is 11.1 Å². The summed E-state index contributed by atoms with van der Waals surface area (Å²) in [6.07, 6.45) is 3.28. The predicted molar refractivity (Wildman–Crippen MR) is 93.8 cm³/mol. The minimum atomic E-state index is -0.00243. The third kappa shape index (κ3) is 2.77. The van der Waals surface area contributed by atoms with Gasteiger partial charge in [0.2, 0.25) is 0 Å². The van der Waals surface area contributed by atoms with E-state index in [9.17, 15) is 4.79 Å². The molecular weight excluding hydrogens is 340 g/mol. The molecule has 0 amide bonds. The highest BCUT2D eigenvalue weighted by Gasteiger charge is 2.16. The van der Waals surface area contributed by atoms with Gasteiger partial charge in [-0.05, 0) is 49.3 Å². The van der Waals surface area contributed by atoms with Crippen molar-refractivity contribution < 1.29 is 9.21 Å². The van der Waals surface area contributed by atoms with Crippen molar-refractivity contribution >= 4 is 38.8 Å². The average molecular weight is 355 g/mol. The lowest BCUT2D eigenvalue weighted by Crippen LogP contribution is -1.82. The molecule has 0 N–H and O–H groups in total. The number of aryl methyl sites for hydroxylation is 1. The fourth-order valence-electron chi connectivity index (χ4n) is 2.56. The van der Waals surface area contributed by atoms with Crippen LogP contribution in [0.1, 0.15) is 18.2 Å². The third-order valence-electron chi connectivity index (χ3n) is 3.50. The summed E-state index contributed by atoms with van der Waals surface area (Å²) in [7, 11) is 0. The van der Waals surface area contributed by atoms with E-state index < -0.39 is 0 Å². The molecule has 0 atom stereocenters. The van der Waals surface area contributed by atoms with Gasteiger partial charge in [-0.2, -0.15) is 0 Å². The minimum absolute atomic E-state index is 0.00243. The van der Waals surface area contributed by atoms with Crippen molar-refractivity contribution in [2.75, 3.05) is 0 Å². The average Bonchev–Trinajstić information content (AvgIpc) is 2.84. The number of rotatable bonds is 3. The van der Waals surface area contributed by atoms with Crippen LogP contribution in [0.5, 0.6) is 0 Å². The number of allylic oxidation sites excluding steroid dienone is 1. The molecule has 110 valence electrons. The molecule has 1 heterocycles. The number of fused-ring (bicyclic) bond motifs is 1. The normalized spacial score (nSPS) is 11.4. The van der Waals surface area contributed by atoms with Crippen LogP contribution in [0.3, 0.4) is 0 Å². The molecule has 0 unspecified atom stereocenters. The van der Waals surface area contributed by atoms with Crippen LogP contribution in [0.4, 0.5) is 0 Å². The van der Waals surface area contributed by atoms with Crippen LogP contribution < -0.4 is 0 Å². The lowest BCUT2D eigenvalue weighted by molar-refractivity contribution is -0.112. The minimum Gasteiger partial charge on any atom is -0.456 e. The van der Waals surface area contributed by atoms with Gasteiger partial charge in [0.1, 0.15) is 11.3 Å². The van der Waals surface area contributed by atoms with Gasteiger partial charge in [-0.25, -0.2) is 0 Å². The summed E-state index contributed by atoms with van der Waals surface area (Å²) in [5, 5.41) is 1.04. The SMILES string of the molecule is CC(=O)/C=C/c1oc2c(C)cc(Br)cc2c1-c1ccccc1. The molecule has 0 aliphatic heterocycles. The molecule has 3 aromatic rings. The molecule has 0 aliphatic rings. The van der Waals surface area contributed by atoms with Gasteiger partial charge >= 0.3 is 0 Å². The van der Waals surface area contributed by atoms with E-state index in [2.05, 4.69) is 22.0 Å². The Morgan fingerprint density at radius 2 is 1.91 bits per heavy atom. The number of halogens is 1. The summed E-state index contributed by atoms with van der Waals surface area (Å²) in [5.74, 6) is 0.704. The Hall–Kier alpha value is -2.13. The van der Waals surface area contributed by atoms with E-state index in [0.717, 1.165) is 32.1 Å². The van der Waals surface area contributed by atoms with Gasteiger partial charge in [0, 0.05) is 15.4 Å². The molecular formula is C19H15BrO2. The topological polar surface area (TPSA) is 30.2 Å². The van der Waals surface area contributed by atoms with E-state index in [0.29, 0.717) is 5.76 Å². The van der Waals surface area contributed by atoms with Crippen molar-refractivity contribution in [2.45, 2.75) is 13.8 Å². The summed E-state index contributed by atoms with van der Waals surface area (Å²) in [4.78, 5) is 11.3. The largest absolute Gasteiger partial charge is 0.456 e. The zero-order valence-electron chi connectivity index (χ0n) is 12.4. The predicted octanol–water partition coefficient (Wildman–Crippen LogP) is 5.77. The number of hydrogen-bond donors (Lipinski definition) is 0. The second-order valence-corrected chi connectivity index (χ2v) is 6.17. The van der Waals surface area contributed by atoms with Crippen LogP contribution in [0, 0.1) is 6.92 Å². The van der Waals surface area contributed by atoms with Crippen molar-refractivity contribution in [3.05, 3.63) is 64.3 Å². The number of carbonyl (C=O) groups is 1. The summed E-state index contributed by atoms with van der Waals surface area (Å²) < 4.78 is 7.04. The summed E-state index contributed by atoms with van der Waals surface area (Å²) >= 11 is 3.55. The fraction of sp³-hybridized carbons (Fsp3) is 0.105. The van der Waals surface area contributed by atoms with Gasteiger partial charge in [0.05, 0.1) is 0 Å². The lowest BCUT2D eigenvalue weighted by Gasteiger charge is -2.01. The molecule has 0 radical (unpaired) electrons. The van der Waals surface area contributed by atoms with Gasteiger partial charge in [-0.15, -0.1) is 0 Å². The van der Waals surface area contributed by atoms with Crippen LogP contribution in [0.15, 0.2) is 57.4 Å². The van der Waals surface area contributed by atoms with Gasteiger partial charge in [-0.3, -0.25) is 4.79 Å². The van der Waals surface area contributed by atoms with Crippen LogP contribution in [0.25, 0.3) is 28.2 Å². The molecule has 1 aromatic heterocycles. The van der Waals surface area contributed by atoms with Crippen molar-refractivity contribution in [1.29, 1.82) is 0 Å². The summed E-state index contributed by atoms with van der Waals surface area (Å²) in [6, 6.07) is 14.2. The van der Waals surface area contributed by atoms with E-state index in [1.807, 2.05) is 43.3 Å². The first kappa shape index (κ1) is 14.8. The molecule has 3 heteroatoms. The second kappa shape index (κ2) is 5.93. The smallest absolute Gasteiger partial charge is 0.152 e. The Morgan fingerprint density at radius 3 is 2.59 bits per heavy atom. The molecule has 2 nitrogen and oxygen atoms in total. The molecule has 0 saturated heterocycles. The molecule has 2 aromatic carbocycles. The first-order valence-electron chi connectivity index (χ1n) is 7.03. The van der Waals surface area contributed by atoms with Crippen molar-refractivity contribution in [1.82, 2.24) is 0 Å². The second-order valence-electron chi connectivity index (χ2n) is 5.25. The Kier molecular flexibility index (Phi) is 3.99. The first-order valence-corrected chi connectivity index (χ1v) is 7.82. The molecule has 0 spiro atoms. The number of furan rings is 1. The van der Waals surface area contributed by atoms with Crippen LogP contribution in [0.2, 0.25) is 0 Å². The molecule has 0 aliphatic carbocycles. The zero-order chi connectivity index (χ0) is 15.7. The van der Waals surface area contributed by atoms with Crippen LogP contribution >= 0.6 is 15.9 Å². The van der Waals surface area contributed by atoms with Crippen LogP contribution in [-0.4, -0.2) is 5.78 Å². The Morgan fingerprint density at radius 1 is 1.18 bits per heavy atom. The van der Waals surface area contributed by atoms with Crippen molar-refractivity contribution in [3.63, 3.8) is 0 Å². The quantitative estimate of drug-likeness (QED) is 0.558. The summed E-state index contributed by atoms with van der Waals surface area (Å²) in [5.41, 5.74) is 3.99. The first-order chi connectivity index (χ1) is 10.6. The van der Waals surface area contributed by atoms with E-state index >= 15 is 0 Å². The maximum Gasteiger partial charge on any atom is 0.152 e. The van der Waals surface area contributed by atoms with Gasteiger partial charge < -0.3 is 4.42 Å². The zero-order valence-corrected chi connectivity index (χ0v) is 14.0. The van der Waals surface area contributed by atoms with Gasteiger partial charge in [-0.1, -0.05) is 46.3 Å². The number of ketones is 1. The highest BCUT2D eigenvalue weighted by atomic mass is 79.9. The van der Waals surface area contributed by atoms with E-state index in [1.54, 1.807) is 6.08 Å². The Bertz CT molecular complexity index is 873. The number of benzene rings is 2. The molecule has 0 bridgehead atoms. The highest BCUT2D eigenvalue weighted by Crippen LogP contribution is 2.38. The van der Waals surface area contributed by atoms with E-state index in [1.165, 1.54) is 13.0 Å². The van der Waals surface area contributed by atoms with Gasteiger partial charge in [0.25, 0.3) is 0 Å². The van der Waals surface area contributed by atoms with E-state index in [-0.39, 0.29) is 5.78 Å². The number of carbonyl (C=O) groups excluding carboxylic acids is 1. The van der Waals surface area contributed by atoms with Crippen LogP contribution in [-0.2, 0) is 4.79 Å². The Labute approximate surface area is 137 Å². The molecule has 0 fully saturated rings. The molecule has 3 rings (SSSR count). The van der Waals surface area contributed by atoms with Crippen molar-refractivity contribution in [2.24, 2.45) is 0 Å². The highest BCUT2D eigenvalue weighted by molar-refractivity contribution is 9.10. The number of hydrogen-bond acceptors (Lipinski definition) is 2. The molecule has 0 saturated carbocycles. The van der Waals surface area contributed by atoms with E-state index in [4.69, 9.17) is 4.42 Å².